The number of amides is 2. The number of carbonyl (C=O) groups is 2. The van der Waals surface area contributed by atoms with Crippen LogP contribution < -0.4 is 10.6 Å². The van der Waals surface area contributed by atoms with Gasteiger partial charge in [-0.1, -0.05) is 48.0 Å². The lowest BCUT2D eigenvalue weighted by molar-refractivity contribution is 0.0952. The molecule has 0 spiro atoms. The molecular weight excluding hydrogens is 372 g/mol. The molecule has 2 amide bonds. The van der Waals surface area contributed by atoms with Crippen LogP contribution in [0.25, 0.3) is 0 Å². The fraction of sp³-hybridized carbons (Fsp3) is 0.130. The van der Waals surface area contributed by atoms with E-state index < -0.39 is 0 Å². The largest absolute Gasteiger partial charge is 0.352 e. The van der Waals surface area contributed by atoms with E-state index >= 15 is 0 Å². The topological polar surface area (TPSA) is 58.2 Å². The molecular formula is C23H21ClN2O2. The van der Waals surface area contributed by atoms with Gasteiger partial charge in [-0.2, -0.15) is 0 Å². The molecule has 5 heteroatoms. The van der Waals surface area contributed by atoms with Crippen LogP contribution in [-0.2, 0) is 6.42 Å². The summed E-state index contributed by atoms with van der Waals surface area (Å²) in [5.74, 6) is -0.407. The maximum absolute atomic E-state index is 12.4. The summed E-state index contributed by atoms with van der Waals surface area (Å²) in [6.07, 6.45) is 0.770. The molecule has 28 heavy (non-hydrogen) atoms. The van der Waals surface area contributed by atoms with E-state index in [1.807, 2.05) is 43.3 Å². The predicted octanol–water partition coefficient (Wildman–Crippen LogP) is 4.87. The van der Waals surface area contributed by atoms with Crippen molar-refractivity contribution in [2.45, 2.75) is 13.3 Å². The Morgan fingerprint density at radius 1 is 0.857 bits per heavy atom. The molecule has 3 rings (SSSR count). The van der Waals surface area contributed by atoms with Gasteiger partial charge >= 0.3 is 0 Å². The normalized spacial score (nSPS) is 10.4. The molecule has 0 unspecified atom stereocenters. The second-order valence-electron chi connectivity index (χ2n) is 6.48. The second-order valence-corrected chi connectivity index (χ2v) is 6.92. The highest BCUT2D eigenvalue weighted by Gasteiger charge is 2.10. The van der Waals surface area contributed by atoms with Crippen molar-refractivity contribution < 1.29 is 9.59 Å². The van der Waals surface area contributed by atoms with Crippen LogP contribution in [-0.4, -0.2) is 18.4 Å². The molecule has 0 aromatic heterocycles. The highest BCUT2D eigenvalue weighted by molar-refractivity contribution is 6.31. The summed E-state index contributed by atoms with van der Waals surface area (Å²) in [4.78, 5) is 24.7. The van der Waals surface area contributed by atoms with Crippen LogP contribution in [0.1, 0.15) is 31.8 Å². The number of nitrogens with one attached hydrogen (secondary N) is 2. The summed E-state index contributed by atoms with van der Waals surface area (Å²) < 4.78 is 0. The fourth-order valence-electron chi connectivity index (χ4n) is 2.76. The van der Waals surface area contributed by atoms with Gasteiger partial charge in [-0.05, 0) is 60.9 Å². The van der Waals surface area contributed by atoms with E-state index in [0.717, 1.165) is 12.0 Å². The highest BCUT2D eigenvalue weighted by atomic mass is 35.5. The van der Waals surface area contributed by atoms with Crippen LogP contribution in [0.3, 0.4) is 0 Å². The van der Waals surface area contributed by atoms with Crippen LogP contribution >= 0.6 is 11.6 Å². The lowest BCUT2D eigenvalue weighted by Gasteiger charge is -2.10. The third-order valence-corrected chi connectivity index (χ3v) is 4.63. The third kappa shape index (κ3) is 5.21. The average Bonchev–Trinajstić information content (AvgIpc) is 2.71. The number of anilines is 1. The Balaban J connectivity index is 1.57. The fourth-order valence-corrected chi connectivity index (χ4v) is 2.94. The summed E-state index contributed by atoms with van der Waals surface area (Å²) in [5, 5.41) is 6.30. The summed E-state index contributed by atoms with van der Waals surface area (Å²) in [6.45, 7) is 2.45. The Labute approximate surface area is 169 Å². The van der Waals surface area contributed by atoms with E-state index in [1.165, 1.54) is 5.56 Å². The van der Waals surface area contributed by atoms with Gasteiger partial charge in [0.25, 0.3) is 11.8 Å². The molecule has 142 valence electrons. The first-order valence-electron chi connectivity index (χ1n) is 9.02. The van der Waals surface area contributed by atoms with E-state index in [2.05, 4.69) is 10.6 Å². The zero-order valence-corrected chi connectivity index (χ0v) is 16.3. The molecule has 0 saturated carbocycles. The number of halogens is 1. The Kier molecular flexibility index (Phi) is 6.45. The third-order valence-electron chi connectivity index (χ3n) is 4.40. The number of hydrogen-bond acceptors (Lipinski definition) is 2. The highest BCUT2D eigenvalue weighted by Crippen LogP contribution is 2.21. The Hall–Kier alpha value is -3.11. The van der Waals surface area contributed by atoms with E-state index in [-0.39, 0.29) is 11.8 Å². The van der Waals surface area contributed by atoms with E-state index in [0.29, 0.717) is 28.4 Å². The van der Waals surface area contributed by atoms with E-state index in [4.69, 9.17) is 11.6 Å². The predicted molar refractivity (Wildman–Crippen MR) is 113 cm³/mol. The number of carbonyl (C=O) groups excluding carboxylic acids is 2. The summed E-state index contributed by atoms with van der Waals surface area (Å²) in [7, 11) is 0. The molecule has 0 fully saturated rings. The monoisotopic (exact) mass is 392 g/mol. The van der Waals surface area contributed by atoms with Crippen molar-refractivity contribution in [3.8, 4) is 0 Å². The minimum atomic E-state index is -0.249. The number of benzene rings is 3. The van der Waals surface area contributed by atoms with Crippen LogP contribution in [0.4, 0.5) is 5.69 Å². The Morgan fingerprint density at radius 2 is 1.50 bits per heavy atom. The first-order valence-corrected chi connectivity index (χ1v) is 9.40. The van der Waals surface area contributed by atoms with Crippen LogP contribution in [0.5, 0.6) is 0 Å². The van der Waals surface area contributed by atoms with Crippen LogP contribution in [0, 0.1) is 6.92 Å². The second kappa shape index (κ2) is 9.20. The molecule has 0 atom stereocenters. The Morgan fingerprint density at radius 3 is 2.18 bits per heavy atom. The smallest absolute Gasteiger partial charge is 0.255 e. The summed E-state index contributed by atoms with van der Waals surface area (Å²) >= 11 is 5.99. The van der Waals surface area contributed by atoms with Crippen LogP contribution in [0.15, 0.2) is 72.8 Å². The molecule has 4 nitrogen and oxygen atoms in total. The van der Waals surface area contributed by atoms with Gasteiger partial charge in [0.2, 0.25) is 0 Å². The van der Waals surface area contributed by atoms with Crippen molar-refractivity contribution in [1.29, 1.82) is 0 Å². The first kappa shape index (κ1) is 19.6. The van der Waals surface area contributed by atoms with Gasteiger partial charge in [-0.15, -0.1) is 0 Å². The quantitative estimate of drug-likeness (QED) is 0.628. The van der Waals surface area contributed by atoms with Gasteiger partial charge in [-0.3, -0.25) is 9.59 Å². The van der Waals surface area contributed by atoms with E-state index in [9.17, 15) is 9.59 Å². The first-order chi connectivity index (χ1) is 13.5. The van der Waals surface area contributed by atoms with Crippen LogP contribution in [0.2, 0.25) is 5.02 Å². The average molecular weight is 393 g/mol. The molecule has 0 heterocycles. The lowest BCUT2D eigenvalue weighted by Crippen LogP contribution is -2.25. The van der Waals surface area contributed by atoms with Gasteiger partial charge in [-0.25, -0.2) is 0 Å². The zero-order valence-electron chi connectivity index (χ0n) is 15.5. The van der Waals surface area contributed by atoms with E-state index in [1.54, 1.807) is 36.4 Å². The van der Waals surface area contributed by atoms with Crippen molar-refractivity contribution in [1.82, 2.24) is 5.32 Å². The summed E-state index contributed by atoms with van der Waals surface area (Å²) in [6, 6.07) is 21.9. The van der Waals surface area contributed by atoms with Gasteiger partial charge in [0, 0.05) is 28.4 Å². The molecule has 0 bridgehead atoms. The number of hydrogen-bond donors (Lipinski definition) is 2. The molecule has 0 aliphatic heterocycles. The van der Waals surface area contributed by atoms with Gasteiger partial charge < -0.3 is 10.6 Å². The van der Waals surface area contributed by atoms with Crippen molar-refractivity contribution >= 4 is 29.1 Å². The molecule has 0 aliphatic carbocycles. The number of aryl methyl sites for hydroxylation is 1. The minimum Gasteiger partial charge on any atom is -0.352 e. The summed E-state index contributed by atoms with van der Waals surface area (Å²) in [5.41, 5.74) is 3.75. The molecule has 0 saturated heterocycles. The SMILES string of the molecule is Cc1ccc(Cl)cc1NC(=O)c1ccc(C(=O)NCCc2ccccc2)cc1. The molecule has 3 aromatic rings. The molecule has 0 aliphatic rings. The van der Waals surface area contributed by atoms with Crippen molar-refractivity contribution in [3.63, 3.8) is 0 Å². The number of rotatable bonds is 6. The van der Waals surface area contributed by atoms with Crippen molar-refractivity contribution in [3.05, 3.63) is 100 Å². The zero-order chi connectivity index (χ0) is 19.9. The maximum atomic E-state index is 12.4. The van der Waals surface area contributed by atoms with Gasteiger partial charge in [0.1, 0.15) is 0 Å². The molecule has 0 radical (unpaired) electrons. The van der Waals surface area contributed by atoms with Crippen molar-refractivity contribution in [2.24, 2.45) is 0 Å². The maximum Gasteiger partial charge on any atom is 0.255 e. The standard InChI is InChI=1S/C23H21ClN2O2/c1-16-7-12-20(24)15-21(16)26-23(28)19-10-8-18(9-11-19)22(27)25-14-13-17-5-3-2-4-6-17/h2-12,15H,13-14H2,1H3,(H,25,27)(H,26,28). The lowest BCUT2D eigenvalue weighted by atomic mass is 10.1. The molecule has 2 N–H and O–H groups in total. The van der Waals surface area contributed by atoms with Gasteiger partial charge in [0.15, 0.2) is 0 Å². The van der Waals surface area contributed by atoms with Crippen molar-refractivity contribution in [2.75, 3.05) is 11.9 Å². The molecule has 3 aromatic carbocycles. The minimum absolute atomic E-state index is 0.159. The Bertz CT molecular complexity index is 970. The van der Waals surface area contributed by atoms with Gasteiger partial charge in [0.05, 0.1) is 0 Å².